The van der Waals surface area contributed by atoms with E-state index in [4.69, 9.17) is 5.73 Å². The molecule has 0 aromatic heterocycles. The van der Waals surface area contributed by atoms with Crippen molar-refractivity contribution in [2.24, 2.45) is 0 Å². The molecule has 0 saturated carbocycles. The molecule has 0 aliphatic carbocycles. The first-order valence-corrected chi connectivity index (χ1v) is 8.29. The number of hydrogen-bond acceptors (Lipinski definition) is 5. The summed E-state index contributed by atoms with van der Waals surface area (Å²) in [4.78, 5) is 0.132. The van der Waals surface area contributed by atoms with Crippen molar-refractivity contribution in [3.05, 3.63) is 18.2 Å². The molecule has 6 nitrogen and oxygen atoms in total. The molecule has 7 heteroatoms. The van der Waals surface area contributed by atoms with Crippen LogP contribution in [0.15, 0.2) is 23.1 Å². The lowest BCUT2D eigenvalue weighted by Crippen LogP contribution is -2.51. The summed E-state index contributed by atoms with van der Waals surface area (Å²) >= 11 is 0. The van der Waals surface area contributed by atoms with Crippen LogP contribution < -0.4 is 15.8 Å². The number of anilines is 2. The molecule has 0 unspecified atom stereocenters. The van der Waals surface area contributed by atoms with Crippen molar-refractivity contribution in [2.45, 2.75) is 50.7 Å². The molecule has 0 aliphatic heterocycles. The molecule has 0 saturated heterocycles. The second kappa shape index (κ2) is 5.82. The van der Waals surface area contributed by atoms with E-state index < -0.39 is 21.2 Å². The molecule has 0 aliphatic rings. The van der Waals surface area contributed by atoms with Crippen molar-refractivity contribution in [1.82, 2.24) is 4.72 Å². The van der Waals surface area contributed by atoms with E-state index in [1.165, 1.54) is 18.2 Å². The van der Waals surface area contributed by atoms with E-state index in [9.17, 15) is 13.5 Å². The maximum Gasteiger partial charge on any atom is 0.240 e. The van der Waals surface area contributed by atoms with Gasteiger partial charge in [-0.05, 0) is 45.9 Å². The first-order valence-electron chi connectivity index (χ1n) is 6.80. The van der Waals surface area contributed by atoms with Gasteiger partial charge in [0.2, 0.25) is 10.0 Å². The number of nitrogens with one attached hydrogen (secondary N) is 2. The molecule has 0 fully saturated rings. The van der Waals surface area contributed by atoms with E-state index in [0.29, 0.717) is 17.9 Å². The second-order valence-corrected chi connectivity index (χ2v) is 7.83. The molecule has 5 N–H and O–H groups in total. The lowest BCUT2D eigenvalue weighted by Gasteiger charge is -2.39. The van der Waals surface area contributed by atoms with Gasteiger partial charge in [0.15, 0.2) is 0 Å². The second-order valence-electron chi connectivity index (χ2n) is 6.06. The summed E-state index contributed by atoms with van der Waals surface area (Å²) in [7, 11) is -3.55. The molecule has 120 valence electrons. The van der Waals surface area contributed by atoms with E-state index in [2.05, 4.69) is 10.0 Å². The van der Waals surface area contributed by atoms with E-state index in [-0.39, 0.29) is 4.90 Å². The van der Waals surface area contributed by atoms with Crippen LogP contribution in [-0.4, -0.2) is 31.2 Å². The zero-order chi connectivity index (χ0) is 16.5. The highest BCUT2D eigenvalue weighted by atomic mass is 32.2. The normalized spacial score (nSPS) is 13.2. The molecule has 1 rings (SSSR count). The minimum atomic E-state index is -3.55. The van der Waals surface area contributed by atoms with Crippen LogP contribution in [0.25, 0.3) is 0 Å². The fourth-order valence-electron chi connectivity index (χ4n) is 1.57. The van der Waals surface area contributed by atoms with Crippen molar-refractivity contribution in [1.29, 1.82) is 0 Å². The van der Waals surface area contributed by atoms with Gasteiger partial charge in [-0.3, -0.25) is 0 Å². The van der Waals surface area contributed by atoms with Crippen molar-refractivity contribution >= 4 is 21.4 Å². The minimum absolute atomic E-state index is 0.132. The highest BCUT2D eigenvalue weighted by Crippen LogP contribution is 2.30. The smallest absolute Gasteiger partial charge is 0.240 e. The lowest BCUT2D eigenvalue weighted by molar-refractivity contribution is 0.0241. The van der Waals surface area contributed by atoms with E-state index in [1.54, 1.807) is 20.8 Å². The average Bonchev–Trinajstić information content (AvgIpc) is 2.29. The maximum atomic E-state index is 12.0. The van der Waals surface area contributed by atoms with Gasteiger partial charge in [-0.25, -0.2) is 13.1 Å². The van der Waals surface area contributed by atoms with Gasteiger partial charge in [0.05, 0.1) is 27.4 Å². The Hall–Kier alpha value is -1.31. The largest absolute Gasteiger partial charge is 0.397 e. The summed E-state index contributed by atoms with van der Waals surface area (Å²) in [5.41, 5.74) is 5.08. The molecule has 0 radical (unpaired) electrons. The van der Waals surface area contributed by atoms with Gasteiger partial charge in [0, 0.05) is 6.54 Å². The van der Waals surface area contributed by atoms with E-state index in [1.807, 2.05) is 13.8 Å². The lowest BCUT2D eigenvalue weighted by atomic mass is 9.85. The van der Waals surface area contributed by atoms with Gasteiger partial charge >= 0.3 is 0 Å². The third-order valence-electron chi connectivity index (χ3n) is 3.65. The summed E-state index contributed by atoms with van der Waals surface area (Å²) in [5, 5.41) is 13.3. The van der Waals surface area contributed by atoms with Crippen LogP contribution in [0.2, 0.25) is 0 Å². The van der Waals surface area contributed by atoms with Crippen molar-refractivity contribution in [3.8, 4) is 0 Å². The molecule has 1 aromatic carbocycles. The van der Waals surface area contributed by atoms with Gasteiger partial charge in [-0.15, -0.1) is 0 Å². The molecular weight excluding hydrogens is 290 g/mol. The average molecular weight is 315 g/mol. The van der Waals surface area contributed by atoms with Gasteiger partial charge in [-0.1, -0.05) is 6.92 Å². The minimum Gasteiger partial charge on any atom is -0.397 e. The maximum absolute atomic E-state index is 12.0. The molecule has 21 heavy (non-hydrogen) atoms. The van der Waals surface area contributed by atoms with Crippen molar-refractivity contribution in [2.75, 3.05) is 17.6 Å². The summed E-state index contributed by atoms with van der Waals surface area (Å²) in [6.07, 6.45) is 0. The van der Waals surface area contributed by atoms with Gasteiger partial charge < -0.3 is 16.2 Å². The third-order valence-corrected chi connectivity index (χ3v) is 5.19. The first kappa shape index (κ1) is 17.7. The Labute approximate surface area is 126 Å². The quantitative estimate of drug-likeness (QED) is 0.596. The molecule has 1 aromatic rings. The molecule has 0 atom stereocenters. The highest BCUT2D eigenvalue weighted by Gasteiger charge is 2.35. The van der Waals surface area contributed by atoms with E-state index >= 15 is 0 Å². The van der Waals surface area contributed by atoms with Crippen molar-refractivity contribution < 1.29 is 13.5 Å². The third kappa shape index (κ3) is 4.09. The van der Waals surface area contributed by atoms with Crippen molar-refractivity contribution in [3.63, 3.8) is 0 Å². The predicted octanol–water partition coefficient (Wildman–Crippen LogP) is 1.53. The van der Waals surface area contributed by atoms with Crippen LogP contribution >= 0.6 is 0 Å². The SMILES string of the molecule is CCNS(=O)(=O)c1ccc(N)c(NC(C)(C)C(C)(C)O)c1. The van der Waals surface area contributed by atoms with Crippen LogP contribution in [0.4, 0.5) is 11.4 Å². The predicted molar refractivity (Wildman–Crippen MR) is 85.7 cm³/mol. The number of nitrogen functional groups attached to an aromatic ring is 1. The number of sulfonamides is 1. The Balaban J connectivity index is 3.21. The molecule has 0 heterocycles. The van der Waals surface area contributed by atoms with Gasteiger partial charge in [-0.2, -0.15) is 0 Å². The van der Waals surface area contributed by atoms with Crippen LogP contribution in [0.1, 0.15) is 34.6 Å². The highest BCUT2D eigenvalue weighted by molar-refractivity contribution is 7.89. The molecular formula is C14H25N3O3S. The number of benzene rings is 1. The molecule has 0 spiro atoms. The van der Waals surface area contributed by atoms with Crippen LogP contribution in [0.5, 0.6) is 0 Å². The fraction of sp³-hybridized carbons (Fsp3) is 0.571. The Bertz CT molecular complexity index is 604. The summed E-state index contributed by atoms with van der Waals surface area (Å²) in [6.45, 7) is 9.01. The Morgan fingerprint density at radius 1 is 1.24 bits per heavy atom. The number of rotatable bonds is 6. The fourth-order valence-corrected chi connectivity index (χ4v) is 2.64. The van der Waals surface area contributed by atoms with Crippen LogP contribution in [0, 0.1) is 0 Å². The Kier molecular flexibility index (Phi) is 4.92. The monoisotopic (exact) mass is 315 g/mol. The summed E-state index contributed by atoms with van der Waals surface area (Å²) < 4.78 is 26.5. The van der Waals surface area contributed by atoms with Gasteiger partial charge in [0.1, 0.15) is 0 Å². The van der Waals surface area contributed by atoms with Gasteiger partial charge in [0.25, 0.3) is 0 Å². The summed E-state index contributed by atoms with van der Waals surface area (Å²) in [5.74, 6) is 0. The topological polar surface area (TPSA) is 104 Å². The van der Waals surface area contributed by atoms with E-state index in [0.717, 1.165) is 0 Å². The summed E-state index contributed by atoms with van der Waals surface area (Å²) in [6, 6.07) is 4.46. The number of hydrogen-bond donors (Lipinski definition) is 4. The zero-order valence-electron chi connectivity index (χ0n) is 13.2. The Morgan fingerprint density at radius 2 is 1.81 bits per heavy atom. The number of aliphatic hydroxyl groups is 1. The van der Waals surface area contributed by atoms with Crippen LogP contribution in [-0.2, 0) is 10.0 Å². The first-order chi connectivity index (χ1) is 9.40. The Morgan fingerprint density at radius 3 is 2.29 bits per heavy atom. The zero-order valence-corrected chi connectivity index (χ0v) is 14.0. The molecule has 0 amide bonds. The standard InChI is InChI=1S/C14H25N3O3S/c1-6-16-21(19,20)10-7-8-11(15)12(9-10)17-13(2,3)14(4,5)18/h7-9,16-18H,6,15H2,1-5H3. The van der Waals surface area contributed by atoms with Crippen LogP contribution in [0.3, 0.4) is 0 Å². The number of nitrogens with two attached hydrogens (primary N) is 1. The molecule has 0 bridgehead atoms.